The van der Waals surface area contributed by atoms with Crippen LogP contribution in [0.2, 0.25) is 0 Å². The molecular formula is C25H29N7O4. The number of nitrogens with one attached hydrogen (secondary N) is 1. The maximum absolute atomic E-state index is 12.9. The fraction of sp³-hybridized carbons (Fsp3) is 0.400. The van der Waals surface area contributed by atoms with Crippen molar-refractivity contribution in [2.45, 2.75) is 13.0 Å². The molecule has 0 unspecified atom stereocenters. The Bertz CT molecular complexity index is 1180. The highest BCUT2D eigenvalue weighted by molar-refractivity contribution is 5.78. The third kappa shape index (κ3) is 5.30. The molecule has 2 aliphatic rings. The molecule has 0 radical (unpaired) electrons. The average molecular weight is 492 g/mol. The molecule has 2 amide bonds. The van der Waals surface area contributed by atoms with Gasteiger partial charge in [-0.05, 0) is 24.3 Å². The first-order valence-electron chi connectivity index (χ1n) is 12.1. The summed E-state index contributed by atoms with van der Waals surface area (Å²) in [5.41, 5.74) is 0.727. The van der Waals surface area contributed by atoms with Gasteiger partial charge in [0.15, 0.2) is 6.61 Å². The van der Waals surface area contributed by atoms with Crippen LogP contribution in [0.15, 0.2) is 53.2 Å². The van der Waals surface area contributed by atoms with Crippen molar-refractivity contribution in [3.63, 3.8) is 0 Å². The lowest BCUT2D eigenvalue weighted by Crippen LogP contribution is -2.50. The molecule has 2 aromatic heterocycles. The van der Waals surface area contributed by atoms with Crippen molar-refractivity contribution in [3.05, 3.63) is 54.6 Å². The minimum absolute atomic E-state index is 0.0619. The Morgan fingerprint density at radius 1 is 1.08 bits per heavy atom. The molecule has 1 N–H and O–H groups in total. The molecule has 1 atom stereocenters. The van der Waals surface area contributed by atoms with E-state index in [1.54, 1.807) is 18.0 Å². The van der Waals surface area contributed by atoms with E-state index in [1.165, 1.54) is 0 Å². The number of amides is 2. The molecule has 2 aliphatic heterocycles. The lowest BCUT2D eigenvalue weighted by atomic mass is 10.2. The molecule has 1 aromatic carbocycles. The first-order valence-corrected chi connectivity index (χ1v) is 12.1. The largest absolute Gasteiger partial charge is 0.484 e. The first-order chi connectivity index (χ1) is 17.6. The highest BCUT2D eigenvalue weighted by Gasteiger charge is 2.32. The fourth-order valence-electron chi connectivity index (χ4n) is 4.41. The molecule has 4 heterocycles. The minimum Gasteiger partial charge on any atom is -0.484 e. The molecule has 0 aliphatic carbocycles. The van der Waals surface area contributed by atoms with Crippen LogP contribution < -0.4 is 15.0 Å². The molecule has 0 bridgehead atoms. The number of piperazine rings is 2. The second-order valence-corrected chi connectivity index (χ2v) is 8.76. The van der Waals surface area contributed by atoms with Crippen molar-refractivity contribution >= 4 is 17.6 Å². The number of rotatable bonds is 6. The number of hydrogen-bond acceptors (Lipinski definition) is 9. The number of carbonyl (C=O) groups is 2. The zero-order valence-corrected chi connectivity index (χ0v) is 20.2. The van der Waals surface area contributed by atoms with E-state index in [2.05, 4.69) is 25.3 Å². The van der Waals surface area contributed by atoms with Crippen molar-refractivity contribution in [2.75, 3.05) is 57.3 Å². The fourth-order valence-corrected chi connectivity index (χ4v) is 4.41. The van der Waals surface area contributed by atoms with Gasteiger partial charge in [0.2, 0.25) is 11.7 Å². The number of hydrogen-bond donors (Lipinski definition) is 1. The smallest absolute Gasteiger partial charge is 0.261 e. The highest BCUT2D eigenvalue weighted by atomic mass is 16.5. The van der Waals surface area contributed by atoms with Gasteiger partial charge in [-0.2, -0.15) is 4.98 Å². The Hall–Kier alpha value is -3.99. The molecule has 11 nitrogen and oxygen atoms in total. The molecule has 0 saturated carbocycles. The number of ether oxygens (including phenoxy) is 1. The van der Waals surface area contributed by atoms with E-state index in [0.717, 1.165) is 24.5 Å². The van der Waals surface area contributed by atoms with Gasteiger partial charge >= 0.3 is 0 Å². The highest BCUT2D eigenvalue weighted by Crippen LogP contribution is 2.25. The first kappa shape index (κ1) is 23.7. The summed E-state index contributed by atoms with van der Waals surface area (Å²) in [4.78, 5) is 39.3. The predicted octanol–water partition coefficient (Wildman–Crippen LogP) is 1.35. The van der Waals surface area contributed by atoms with Crippen LogP contribution in [0.25, 0.3) is 11.4 Å². The summed E-state index contributed by atoms with van der Waals surface area (Å²) in [6, 6.07) is 12.7. The number of carbonyl (C=O) groups excluding carboxylic acids is 2. The van der Waals surface area contributed by atoms with Crippen LogP contribution in [-0.2, 0) is 9.59 Å². The van der Waals surface area contributed by atoms with Crippen LogP contribution in [0.4, 0.5) is 5.82 Å². The van der Waals surface area contributed by atoms with Gasteiger partial charge in [-0.25, -0.2) is 4.98 Å². The second-order valence-electron chi connectivity index (χ2n) is 8.76. The number of nitrogens with zero attached hydrogens (tertiary/aromatic N) is 6. The molecule has 11 heteroatoms. The lowest BCUT2D eigenvalue weighted by molar-refractivity contribution is -0.137. The van der Waals surface area contributed by atoms with Crippen LogP contribution >= 0.6 is 0 Å². The predicted molar refractivity (Wildman–Crippen MR) is 131 cm³/mol. The zero-order chi connectivity index (χ0) is 24.9. The lowest BCUT2D eigenvalue weighted by Gasteiger charge is -2.34. The van der Waals surface area contributed by atoms with Gasteiger partial charge in [-0.3, -0.25) is 9.59 Å². The van der Waals surface area contributed by atoms with E-state index in [9.17, 15) is 9.59 Å². The van der Waals surface area contributed by atoms with Crippen LogP contribution in [0.1, 0.15) is 18.9 Å². The summed E-state index contributed by atoms with van der Waals surface area (Å²) in [6.45, 7) is 6.11. The van der Waals surface area contributed by atoms with E-state index in [-0.39, 0.29) is 24.5 Å². The standard InChI is InChI=1S/C25H29N7O4/c1-18(33)30-11-13-31(14-12-30)22-8-7-19(15-27-22)24-28-25(36-29-24)21-16-26-9-10-32(21)23(34)17-35-20-5-3-2-4-6-20/h2-8,15,21,26H,9-14,16-17H2,1H3/t21-/m1/s1. The third-order valence-corrected chi connectivity index (χ3v) is 6.45. The third-order valence-electron chi connectivity index (χ3n) is 6.45. The van der Waals surface area contributed by atoms with Crippen molar-refractivity contribution < 1.29 is 18.8 Å². The summed E-state index contributed by atoms with van der Waals surface area (Å²) >= 11 is 0. The normalized spacial score (nSPS) is 18.2. The van der Waals surface area contributed by atoms with Gasteiger partial charge in [0.05, 0.1) is 0 Å². The molecule has 3 aromatic rings. The Kier molecular flexibility index (Phi) is 7.08. The van der Waals surface area contributed by atoms with E-state index in [1.807, 2.05) is 47.4 Å². The monoisotopic (exact) mass is 491 g/mol. The van der Waals surface area contributed by atoms with E-state index in [4.69, 9.17) is 9.26 Å². The Morgan fingerprint density at radius 2 is 1.89 bits per heavy atom. The van der Waals surface area contributed by atoms with Crippen molar-refractivity contribution in [1.29, 1.82) is 0 Å². The van der Waals surface area contributed by atoms with Crippen molar-refractivity contribution in [3.8, 4) is 17.1 Å². The Labute approximate surface area is 209 Å². The van der Waals surface area contributed by atoms with Gasteiger partial charge < -0.3 is 29.3 Å². The summed E-state index contributed by atoms with van der Waals surface area (Å²) < 4.78 is 11.2. The summed E-state index contributed by atoms with van der Waals surface area (Å²) in [7, 11) is 0. The molecule has 2 saturated heterocycles. The van der Waals surface area contributed by atoms with Crippen LogP contribution in [0.3, 0.4) is 0 Å². The summed E-state index contributed by atoms with van der Waals surface area (Å²) in [5, 5.41) is 7.43. The Morgan fingerprint density at radius 3 is 2.61 bits per heavy atom. The average Bonchev–Trinajstić information content (AvgIpc) is 3.43. The number of pyridine rings is 1. The van der Waals surface area contributed by atoms with Gasteiger partial charge in [0, 0.05) is 64.5 Å². The maximum Gasteiger partial charge on any atom is 0.261 e. The number of benzene rings is 1. The molecule has 2 fully saturated rings. The van der Waals surface area contributed by atoms with Gasteiger partial charge in [0.25, 0.3) is 11.8 Å². The van der Waals surface area contributed by atoms with E-state index < -0.39 is 0 Å². The topological polar surface area (TPSA) is 117 Å². The SMILES string of the molecule is CC(=O)N1CCN(c2ccc(-c3noc([C@H]4CNCCN4C(=O)COc4ccccc4)n3)cn2)CC1. The summed E-state index contributed by atoms with van der Waals surface area (Å²) in [6.07, 6.45) is 1.72. The Balaban J connectivity index is 1.23. The van der Waals surface area contributed by atoms with Gasteiger partial charge in [0.1, 0.15) is 17.6 Å². The number of aromatic nitrogens is 3. The second kappa shape index (κ2) is 10.7. The van der Waals surface area contributed by atoms with Gasteiger partial charge in [-0.1, -0.05) is 23.4 Å². The van der Waals surface area contributed by atoms with Crippen LogP contribution in [0.5, 0.6) is 5.75 Å². The molecule has 36 heavy (non-hydrogen) atoms. The quantitative estimate of drug-likeness (QED) is 0.545. The summed E-state index contributed by atoms with van der Waals surface area (Å²) in [5.74, 6) is 2.24. The molecular weight excluding hydrogens is 462 g/mol. The van der Waals surface area contributed by atoms with Crippen molar-refractivity contribution in [2.24, 2.45) is 0 Å². The van der Waals surface area contributed by atoms with E-state index >= 15 is 0 Å². The number of anilines is 1. The van der Waals surface area contributed by atoms with Gasteiger partial charge in [-0.15, -0.1) is 0 Å². The molecule has 5 rings (SSSR count). The molecule has 0 spiro atoms. The molecule has 188 valence electrons. The van der Waals surface area contributed by atoms with Crippen LogP contribution in [0, 0.1) is 0 Å². The van der Waals surface area contributed by atoms with Crippen molar-refractivity contribution in [1.82, 2.24) is 30.2 Å². The minimum atomic E-state index is -0.378. The zero-order valence-electron chi connectivity index (χ0n) is 20.2. The van der Waals surface area contributed by atoms with Crippen LogP contribution in [-0.4, -0.2) is 89.2 Å². The van der Waals surface area contributed by atoms with E-state index in [0.29, 0.717) is 50.2 Å². The number of para-hydroxylation sites is 1. The maximum atomic E-state index is 12.9.